The third kappa shape index (κ3) is 2.25. The van der Waals surface area contributed by atoms with Gasteiger partial charge < -0.3 is 10.0 Å². The Labute approximate surface area is 104 Å². The van der Waals surface area contributed by atoms with Crippen LogP contribution < -0.4 is 4.90 Å². The standard InChI is InChI=1S/C13H13NO4/c1-8(15)9-2-4-11(5-3-9)14-7-10(13(17)18)6-12(14)16/h2-5,10H,6-7H2,1H3,(H,17,18)/t10-/m0/s1. The van der Waals surface area contributed by atoms with E-state index in [9.17, 15) is 14.4 Å². The Bertz CT molecular complexity index is 506. The number of aliphatic carboxylic acids is 1. The van der Waals surface area contributed by atoms with E-state index in [1.807, 2.05) is 0 Å². The number of Topliss-reactive ketones (excluding diaryl/α,β-unsaturated/α-hetero) is 1. The maximum atomic E-state index is 11.7. The summed E-state index contributed by atoms with van der Waals surface area (Å²) in [6.45, 7) is 1.66. The van der Waals surface area contributed by atoms with Crippen molar-refractivity contribution in [1.82, 2.24) is 0 Å². The highest BCUT2D eigenvalue weighted by molar-refractivity contribution is 6.00. The first-order chi connectivity index (χ1) is 8.49. The zero-order chi connectivity index (χ0) is 13.3. The van der Waals surface area contributed by atoms with Gasteiger partial charge in [-0.25, -0.2) is 0 Å². The van der Waals surface area contributed by atoms with E-state index < -0.39 is 11.9 Å². The Morgan fingerprint density at radius 2 is 1.89 bits per heavy atom. The molecule has 5 nitrogen and oxygen atoms in total. The number of rotatable bonds is 3. The number of hydrogen-bond acceptors (Lipinski definition) is 3. The van der Waals surface area contributed by atoms with Gasteiger partial charge in [0, 0.05) is 24.2 Å². The Balaban J connectivity index is 2.19. The largest absolute Gasteiger partial charge is 0.481 e. The molecular formula is C13H13NO4. The molecule has 1 atom stereocenters. The number of nitrogens with zero attached hydrogens (tertiary/aromatic N) is 1. The molecule has 1 fully saturated rings. The third-order valence-corrected chi connectivity index (χ3v) is 3.06. The Morgan fingerprint density at radius 1 is 1.28 bits per heavy atom. The van der Waals surface area contributed by atoms with Gasteiger partial charge in [-0.15, -0.1) is 0 Å². The van der Waals surface area contributed by atoms with Crippen LogP contribution in [0.15, 0.2) is 24.3 Å². The highest BCUT2D eigenvalue weighted by Crippen LogP contribution is 2.25. The summed E-state index contributed by atoms with van der Waals surface area (Å²) in [4.78, 5) is 35.1. The van der Waals surface area contributed by atoms with Gasteiger partial charge in [-0.3, -0.25) is 14.4 Å². The van der Waals surface area contributed by atoms with E-state index in [4.69, 9.17) is 5.11 Å². The molecule has 1 aliphatic rings. The number of carboxylic acids is 1. The summed E-state index contributed by atoms with van der Waals surface area (Å²) in [5.74, 6) is -1.84. The van der Waals surface area contributed by atoms with Gasteiger partial charge >= 0.3 is 5.97 Å². The predicted molar refractivity (Wildman–Crippen MR) is 64.5 cm³/mol. The minimum atomic E-state index is -0.953. The molecule has 0 unspecified atom stereocenters. The van der Waals surface area contributed by atoms with Gasteiger partial charge in [-0.1, -0.05) is 0 Å². The minimum absolute atomic E-state index is 0.0315. The molecule has 1 heterocycles. The van der Waals surface area contributed by atoms with Crippen LogP contribution in [0.1, 0.15) is 23.7 Å². The number of hydrogen-bond donors (Lipinski definition) is 1. The molecule has 5 heteroatoms. The lowest BCUT2D eigenvalue weighted by molar-refractivity contribution is -0.141. The van der Waals surface area contributed by atoms with Gasteiger partial charge in [0.25, 0.3) is 0 Å². The molecule has 2 rings (SSSR count). The van der Waals surface area contributed by atoms with Gasteiger partial charge in [0.05, 0.1) is 5.92 Å². The molecule has 0 aliphatic carbocycles. The fraction of sp³-hybridized carbons (Fsp3) is 0.308. The van der Waals surface area contributed by atoms with E-state index in [1.165, 1.54) is 11.8 Å². The van der Waals surface area contributed by atoms with Crippen molar-refractivity contribution >= 4 is 23.3 Å². The van der Waals surface area contributed by atoms with E-state index in [2.05, 4.69) is 0 Å². The number of ketones is 1. The first kappa shape index (κ1) is 12.3. The SMILES string of the molecule is CC(=O)c1ccc(N2C[C@@H](C(=O)O)CC2=O)cc1. The third-order valence-electron chi connectivity index (χ3n) is 3.06. The number of carbonyl (C=O) groups excluding carboxylic acids is 2. The zero-order valence-corrected chi connectivity index (χ0v) is 9.92. The second-order valence-corrected chi connectivity index (χ2v) is 4.35. The van der Waals surface area contributed by atoms with Crippen LogP contribution in [0.2, 0.25) is 0 Å². The van der Waals surface area contributed by atoms with Crippen LogP contribution in [0.25, 0.3) is 0 Å². The molecule has 1 saturated heterocycles. The van der Waals surface area contributed by atoms with Crippen LogP contribution in [0.3, 0.4) is 0 Å². The summed E-state index contributed by atoms with van der Waals surface area (Å²) in [5, 5.41) is 8.89. The molecule has 1 aromatic carbocycles. The molecule has 0 aromatic heterocycles. The van der Waals surface area contributed by atoms with Gasteiger partial charge in [-0.2, -0.15) is 0 Å². The summed E-state index contributed by atoms with van der Waals surface area (Å²) in [6.07, 6.45) is 0.0315. The summed E-state index contributed by atoms with van der Waals surface area (Å²) >= 11 is 0. The van der Waals surface area contributed by atoms with Gasteiger partial charge in [0.1, 0.15) is 0 Å². The minimum Gasteiger partial charge on any atom is -0.481 e. The topological polar surface area (TPSA) is 74.7 Å². The van der Waals surface area contributed by atoms with Crippen molar-refractivity contribution < 1.29 is 19.5 Å². The molecule has 1 aliphatic heterocycles. The van der Waals surface area contributed by atoms with Crippen molar-refractivity contribution in [3.05, 3.63) is 29.8 Å². The van der Waals surface area contributed by atoms with Crippen molar-refractivity contribution in [3.63, 3.8) is 0 Å². The summed E-state index contributed by atoms with van der Waals surface area (Å²) in [5.41, 5.74) is 1.20. The monoisotopic (exact) mass is 247 g/mol. The Morgan fingerprint density at radius 3 is 2.33 bits per heavy atom. The number of amides is 1. The quantitative estimate of drug-likeness (QED) is 0.817. The van der Waals surface area contributed by atoms with Crippen LogP contribution in [-0.4, -0.2) is 29.3 Å². The fourth-order valence-electron chi connectivity index (χ4n) is 2.00. The zero-order valence-electron chi connectivity index (χ0n) is 9.92. The van der Waals surface area contributed by atoms with Gasteiger partial charge in [0.2, 0.25) is 5.91 Å². The van der Waals surface area contributed by atoms with Crippen molar-refractivity contribution in [2.24, 2.45) is 5.92 Å². The lowest BCUT2D eigenvalue weighted by atomic mass is 10.1. The summed E-state index contributed by atoms with van der Waals surface area (Å²) < 4.78 is 0. The molecule has 0 radical (unpaired) electrons. The molecule has 0 saturated carbocycles. The lowest BCUT2D eigenvalue weighted by Crippen LogP contribution is -2.25. The normalized spacial score (nSPS) is 19.1. The molecule has 1 N–H and O–H groups in total. The fourth-order valence-corrected chi connectivity index (χ4v) is 2.00. The second-order valence-electron chi connectivity index (χ2n) is 4.35. The maximum Gasteiger partial charge on any atom is 0.308 e. The summed E-state index contributed by atoms with van der Waals surface area (Å²) in [7, 11) is 0. The van der Waals surface area contributed by atoms with Crippen LogP contribution in [-0.2, 0) is 9.59 Å². The lowest BCUT2D eigenvalue weighted by Gasteiger charge is -2.16. The van der Waals surface area contributed by atoms with E-state index in [-0.39, 0.29) is 24.7 Å². The molecule has 1 aromatic rings. The Kier molecular flexibility index (Phi) is 3.14. The highest BCUT2D eigenvalue weighted by atomic mass is 16.4. The van der Waals surface area contributed by atoms with E-state index in [0.717, 1.165) is 0 Å². The van der Waals surface area contributed by atoms with Gasteiger partial charge in [0.15, 0.2) is 5.78 Å². The predicted octanol–water partition coefficient (Wildman–Crippen LogP) is 1.33. The van der Waals surface area contributed by atoms with E-state index in [0.29, 0.717) is 11.3 Å². The van der Waals surface area contributed by atoms with Crippen LogP contribution in [0, 0.1) is 5.92 Å². The number of anilines is 1. The average molecular weight is 247 g/mol. The molecule has 18 heavy (non-hydrogen) atoms. The number of carboxylic acid groups (broad SMARTS) is 1. The number of carbonyl (C=O) groups is 3. The van der Waals surface area contributed by atoms with Crippen molar-refractivity contribution in [2.45, 2.75) is 13.3 Å². The first-order valence-corrected chi connectivity index (χ1v) is 5.63. The summed E-state index contributed by atoms with van der Waals surface area (Å²) in [6, 6.07) is 6.61. The van der Waals surface area contributed by atoms with Crippen LogP contribution in [0.4, 0.5) is 5.69 Å². The van der Waals surface area contributed by atoms with E-state index >= 15 is 0 Å². The molecule has 0 bridgehead atoms. The number of benzene rings is 1. The highest BCUT2D eigenvalue weighted by Gasteiger charge is 2.34. The second kappa shape index (κ2) is 4.60. The van der Waals surface area contributed by atoms with Crippen molar-refractivity contribution in [1.29, 1.82) is 0 Å². The van der Waals surface area contributed by atoms with Crippen LogP contribution >= 0.6 is 0 Å². The Hall–Kier alpha value is -2.17. The molecule has 1 amide bonds. The molecule has 94 valence electrons. The first-order valence-electron chi connectivity index (χ1n) is 5.63. The molecular weight excluding hydrogens is 234 g/mol. The average Bonchev–Trinajstić information content (AvgIpc) is 2.71. The van der Waals surface area contributed by atoms with Crippen molar-refractivity contribution in [2.75, 3.05) is 11.4 Å². The van der Waals surface area contributed by atoms with E-state index in [1.54, 1.807) is 24.3 Å². The van der Waals surface area contributed by atoms with Crippen molar-refractivity contribution in [3.8, 4) is 0 Å². The molecule has 0 spiro atoms. The smallest absolute Gasteiger partial charge is 0.308 e. The van der Waals surface area contributed by atoms with Crippen LogP contribution in [0.5, 0.6) is 0 Å². The maximum absolute atomic E-state index is 11.7. The van der Waals surface area contributed by atoms with Gasteiger partial charge in [-0.05, 0) is 31.2 Å².